The molecule has 0 aliphatic heterocycles. The van der Waals surface area contributed by atoms with E-state index in [0.29, 0.717) is 0 Å². The van der Waals surface area contributed by atoms with Crippen LogP contribution >= 0.6 is 0 Å². The molecule has 0 spiro atoms. The quantitative estimate of drug-likeness (QED) is 0.861. The summed E-state index contributed by atoms with van der Waals surface area (Å²) in [5.74, 6) is 5.60. The molecule has 20 heavy (non-hydrogen) atoms. The van der Waals surface area contributed by atoms with Crippen LogP contribution in [0.4, 0.5) is 0 Å². The number of aliphatic hydroxyl groups is 1. The first-order valence-corrected chi connectivity index (χ1v) is 6.54. The fourth-order valence-corrected chi connectivity index (χ4v) is 2.06. The zero-order valence-corrected chi connectivity index (χ0v) is 11.6. The van der Waals surface area contributed by atoms with E-state index < -0.39 is 0 Å². The smallest absolute Gasteiger partial charge is 0.104 e. The van der Waals surface area contributed by atoms with Gasteiger partial charge < -0.3 is 5.11 Å². The molecule has 0 aliphatic carbocycles. The highest BCUT2D eigenvalue weighted by atomic mass is 16.2. The Morgan fingerprint density at radius 2 is 1.85 bits per heavy atom. The third-order valence-electron chi connectivity index (χ3n) is 2.89. The van der Waals surface area contributed by atoms with Crippen molar-refractivity contribution in [2.24, 2.45) is 0 Å². The molecule has 0 radical (unpaired) electrons. The number of benzene rings is 1. The van der Waals surface area contributed by atoms with Gasteiger partial charge in [0, 0.05) is 31.0 Å². The molecule has 3 nitrogen and oxygen atoms in total. The first kappa shape index (κ1) is 14.3. The molecule has 0 unspecified atom stereocenters. The van der Waals surface area contributed by atoms with Crippen molar-refractivity contribution in [3.8, 4) is 11.8 Å². The van der Waals surface area contributed by atoms with Crippen molar-refractivity contribution in [2.75, 3.05) is 13.7 Å². The van der Waals surface area contributed by atoms with Gasteiger partial charge in [0.15, 0.2) is 0 Å². The molecule has 0 amide bonds. The van der Waals surface area contributed by atoms with Crippen molar-refractivity contribution >= 4 is 0 Å². The van der Waals surface area contributed by atoms with Gasteiger partial charge in [-0.3, -0.25) is 9.88 Å². The van der Waals surface area contributed by atoms with Crippen LogP contribution in [0.1, 0.15) is 16.7 Å². The minimum Gasteiger partial charge on any atom is -0.384 e. The molecule has 1 aromatic carbocycles. The average Bonchev–Trinajstić information content (AvgIpc) is 2.46. The molecule has 0 saturated carbocycles. The molecular formula is C17H18N2O. The summed E-state index contributed by atoms with van der Waals surface area (Å²) in [6, 6.07) is 12.2. The lowest BCUT2D eigenvalue weighted by molar-refractivity contribution is 0.319. The number of pyridine rings is 1. The molecule has 0 aliphatic rings. The number of rotatable bonds is 4. The van der Waals surface area contributed by atoms with Gasteiger partial charge in [-0.2, -0.15) is 0 Å². The average molecular weight is 266 g/mol. The standard InChI is InChI=1S/C17H18N2O/c1-19(13-16-7-9-18-10-8-16)14-17-5-2-4-15(12-17)6-3-11-20/h2,4-5,7-10,12,20H,11,13-14H2,1H3. The minimum atomic E-state index is -0.105. The van der Waals surface area contributed by atoms with Crippen molar-refractivity contribution in [1.82, 2.24) is 9.88 Å². The maximum atomic E-state index is 8.72. The second-order valence-corrected chi connectivity index (χ2v) is 4.69. The van der Waals surface area contributed by atoms with E-state index in [1.807, 2.05) is 36.7 Å². The molecule has 1 heterocycles. The first-order chi connectivity index (χ1) is 9.78. The van der Waals surface area contributed by atoms with Gasteiger partial charge in [-0.25, -0.2) is 0 Å². The fraction of sp³-hybridized carbons (Fsp3) is 0.235. The van der Waals surface area contributed by atoms with Crippen LogP contribution in [-0.2, 0) is 13.1 Å². The molecule has 0 saturated heterocycles. The number of nitrogens with zero attached hydrogens (tertiary/aromatic N) is 2. The summed E-state index contributed by atoms with van der Waals surface area (Å²) in [6.07, 6.45) is 3.63. The summed E-state index contributed by atoms with van der Waals surface area (Å²) in [6.45, 7) is 1.64. The van der Waals surface area contributed by atoms with Gasteiger partial charge >= 0.3 is 0 Å². The minimum absolute atomic E-state index is 0.105. The Balaban J connectivity index is 1.99. The maximum Gasteiger partial charge on any atom is 0.104 e. The second-order valence-electron chi connectivity index (χ2n) is 4.69. The molecule has 3 heteroatoms. The molecule has 1 N–H and O–H groups in total. The van der Waals surface area contributed by atoms with Crippen molar-refractivity contribution in [3.05, 3.63) is 65.5 Å². The molecule has 0 fully saturated rings. The largest absolute Gasteiger partial charge is 0.384 e. The van der Waals surface area contributed by atoms with E-state index in [1.54, 1.807) is 0 Å². The van der Waals surface area contributed by atoms with Crippen molar-refractivity contribution in [1.29, 1.82) is 0 Å². The lowest BCUT2D eigenvalue weighted by Crippen LogP contribution is -2.17. The van der Waals surface area contributed by atoms with Crippen LogP contribution in [0.25, 0.3) is 0 Å². The highest BCUT2D eigenvalue weighted by Gasteiger charge is 2.02. The lowest BCUT2D eigenvalue weighted by Gasteiger charge is -2.16. The summed E-state index contributed by atoms with van der Waals surface area (Å²) >= 11 is 0. The molecule has 2 aromatic rings. The topological polar surface area (TPSA) is 36.4 Å². The lowest BCUT2D eigenvalue weighted by atomic mass is 10.1. The summed E-state index contributed by atoms with van der Waals surface area (Å²) in [7, 11) is 2.09. The number of aliphatic hydroxyl groups excluding tert-OH is 1. The van der Waals surface area contributed by atoms with Crippen LogP contribution in [-0.4, -0.2) is 28.6 Å². The molecule has 0 bridgehead atoms. The Morgan fingerprint density at radius 3 is 2.60 bits per heavy atom. The Morgan fingerprint density at radius 1 is 1.10 bits per heavy atom. The van der Waals surface area contributed by atoms with Gasteiger partial charge in [-0.15, -0.1) is 0 Å². The SMILES string of the molecule is CN(Cc1ccncc1)Cc1cccc(C#CCO)c1. The summed E-state index contributed by atoms with van der Waals surface area (Å²) < 4.78 is 0. The van der Waals surface area contributed by atoms with Gasteiger partial charge in [0.1, 0.15) is 6.61 Å². The van der Waals surface area contributed by atoms with Gasteiger partial charge in [0.2, 0.25) is 0 Å². The van der Waals surface area contributed by atoms with Gasteiger partial charge in [-0.05, 0) is 42.4 Å². The number of aromatic nitrogens is 1. The van der Waals surface area contributed by atoms with Gasteiger partial charge in [-0.1, -0.05) is 24.0 Å². The predicted molar refractivity (Wildman–Crippen MR) is 79.8 cm³/mol. The third kappa shape index (κ3) is 4.51. The molecule has 0 atom stereocenters. The Labute approximate surface area is 119 Å². The van der Waals surface area contributed by atoms with Crippen LogP contribution in [0.15, 0.2) is 48.8 Å². The number of hydrogen-bond donors (Lipinski definition) is 1. The second kappa shape index (κ2) is 7.44. The van der Waals surface area contributed by atoms with Crippen molar-refractivity contribution in [2.45, 2.75) is 13.1 Å². The zero-order valence-electron chi connectivity index (χ0n) is 11.6. The van der Waals surface area contributed by atoms with Crippen LogP contribution in [0.2, 0.25) is 0 Å². The van der Waals surface area contributed by atoms with Crippen LogP contribution in [0, 0.1) is 11.8 Å². The molecule has 1 aromatic heterocycles. The summed E-state index contributed by atoms with van der Waals surface area (Å²) in [4.78, 5) is 6.27. The van der Waals surface area contributed by atoms with E-state index in [0.717, 1.165) is 18.7 Å². The normalized spacial score (nSPS) is 10.2. The van der Waals surface area contributed by atoms with Crippen LogP contribution in [0.3, 0.4) is 0 Å². The van der Waals surface area contributed by atoms with E-state index >= 15 is 0 Å². The van der Waals surface area contributed by atoms with Crippen molar-refractivity contribution in [3.63, 3.8) is 0 Å². The third-order valence-corrected chi connectivity index (χ3v) is 2.89. The Kier molecular flexibility index (Phi) is 5.31. The highest BCUT2D eigenvalue weighted by Crippen LogP contribution is 2.09. The summed E-state index contributed by atoms with van der Waals surface area (Å²) in [5, 5.41) is 8.72. The van der Waals surface area contributed by atoms with E-state index in [9.17, 15) is 0 Å². The molecule has 102 valence electrons. The van der Waals surface area contributed by atoms with Crippen LogP contribution in [0.5, 0.6) is 0 Å². The number of hydrogen-bond acceptors (Lipinski definition) is 3. The van der Waals surface area contributed by atoms with Gasteiger partial charge in [0.25, 0.3) is 0 Å². The Hall–Kier alpha value is -2.15. The van der Waals surface area contributed by atoms with E-state index in [4.69, 9.17) is 5.11 Å². The fourth-order valence-electron chi connectivity index (χ4n) is 2.06. The maximum absolute atomic E-state index is 8.72. The predicted octanol–water partition coefficient (Wildman–Crippen LogP) is 2.06. The summed E-state index contributed by atoms with van der Waals surface area (Å²) in [5.41, 5.74) is 3.40. The van der Waals surface area contributed by atoms with Crippen molar-refractivity contribution < 1.29 is 5.11 Å². The molecule has 2 rings (SSSR count). The van der Waals surface area contributed by atoms with Gasteiger partial charge in [0.05, 0.1) is 0 Å². The first-order valence-electron chi connectivity index (χ1n) is 6.54. The Bertz CT molecular complexity index is 599. The monoisotopic (exact) mass is 266 g/mol. The molecular weight excluding hydrogens is 248 g/mol. The van der Waals surface area contributed by atoms with Crippen LogP contribution < -0.4 is 0 Å². The van der Waals surface area contributed by atoms with E-state index in [-0.39, 0.29) is 6.61 Å². The zero-order chi connectivity index (χ0) is 14.2. The van der Waals surface area contributed by atoms with E-state index in [2.05, 4.69) is 40.9 Å². The van der Waals surface area contributed by atoms with E-state index in [1.165, 1.54) is 11.1 Å². The highest BCUT2D eigenvalue weighted by molar-refractivity contribution is 5.37.